The van der Waals surface area contributed by atoms with Gasteiger partial charge in [0.25, 0.3) is 0 Å². The van der Waals surface area contributed by atoms with Gasteiger partial charge < -0.3 is 4.74 Å². The Balaban J connectivity index is 2.48. The van der Waals surface area contributed by atoms with E-state index >= 15 is 0 Å². The largest absolute Gasteiger partial charge is 0.458 e. The highest BCUT2D eigenvalue weighted by atomic mass is 79.9. The maximum absolute atomic E-state index is 11.4. The third-order valence-electron chi connectivity index (χ3n) is 2.38. The maximum Gasteiger partial charge on any atom is 0.306 e. The van der Waals surface area contributed by atoms with Crippen LogP contribution >= 0.6 is 15.9 Å². The zero-order valence-corrected chi connectivity index (χ0v) is 11.3. The first kappa shape index (κ1) is 13.2. The summed E-state index contributed by atoms with van der Waals surface area (Å²) in [7, 11) is 0. The summed E-state index contributed by atoms with van der Waals surface area (Å²) < 4.78 is 6.35. The second-order valence-electron chi connectivity index (χ2n) is 3.79. The quantitative estimate of drug-likeness (QED) is 0.756. The molecule has 0 heterocycles. The summed E-state index contributed by atoms with van der Waals surface area (Å²) in [5, 5.41) is 0. The summed E-state index contributed by atoms with van der Waals surface area (Å²) in [6, 6.07) is 7.82. The molecule has 0 saturated heterocycles. The second-order valence-corrected chi connectivity index (χ2v) is 4.70. The van der Waals surface area contributed by atoms with Gasteiger partial charge in [0.05, 0.1) is 0 Å². The van der Waals surface area contributed by atoms with Crippen LogP contribution in [-0.2, 0) is 9.53 Å². The Morgan fingerprint density at radius 1 is 1.38 bits per heavy atom. The van der Waals surface area contributed by atoms with Crippen LogP contribution in [0.4, 0.5) is 0 Å². The van der Waals surface area contributed by atoms with Crippen LogP contribution in [-0.4, -0.2) is 5.97 Å². The number of carbonyl (C=O) groups excluding carboxylic acids is 1. The van der Waals surface area contributed by atoms with Gasteiger partial charge in [0.1, 0.15) is 6.10 Å². The number of unbranched alkanes of at least 4 members (excludes halogenated alkanes) is 1. The molecular weight excluding hydrogens is 268 g/mol. The zero-order chi connectivity index (χ0) is 12.0. The Morgan fingerprint density at radius 2 is 2.00 bits per heavy atom. The van der Waals surface area contributed by atoms with Gasteiger partial charge in [0.2, 0.25) is 0 Å². The van der Waals surface area contributed by atoms with Crippen LogP contribution in [0.25, 0.3) is 0 Å². The Morgan fingerprint density at radius 3 is 2.56 bits per heavy atom. The maximum atomic E-state index is 11.4. The molecule has 88 valence electrons. The summed E-state index contributed by atoms with van der Waals surface area (Å²) in [5.74, 6) is -0.114. The van der Waals surface area contributed by atoms with Crippen molar-refractivity contribution in [1.29, 1.82) is 0 Å². The minimum absolute atomic E-state index is 0.114. The molecule has 0 aliphatic heterocycles. The van der Waals surface area contributed by atoms with Crippen LogP contribution in [0.15, 0.2) is 28.7 Å². The molecule has 1 aromatic carbocycles. The molecule has 0 saturated carbocycles. The van der Waals surface area contributed by atoms with Crippen molar-refractivity contribution in [3.8, 4) is 0 Å². The van der Waals surface area contributed by atoms with E-state index in [1.165, 1.54) is 0 Å². The Labute approximate surface area is 105 Å². The molecule has 0 spiro atoms. The van der Waals surface area contributed by atoms with E-state index in [4.69, 9.17) is 4.74 Å². The Kier molecular flexibility index (Phi) is 5.53. The first-order chi connectivity index (χ1) is 7.63. The molecule has 3 heteroatoms. The minimum Gasteiger partial charge on any atom is -0.458 e. The smallest absolute Gasteiger partial charge is 0.306 e. The van der Waals surface area contributed by atoms with Gasteiger partial charge in [-0.1, -0.05) is 41.4 Å². The molecule has 1 atom stereocenters. The highest BCUT2D eigenvalue weighted by Crippen LogP contribution is 2.20. The number of rotatable bonds is 5. The zero-order valence-electron chi connectivity index (χ0n) is 9.70. The van der Waals surface area contributed by atoms with Crippen molar-refractivity contribution in [3.05, 3.63) is 34.3 Å². The normalized spacial score (nSPS) is 12.2. The molecule has 0 unspecified atom stereocenters. The predicted molar refractivity (Wildman–Crippen MR) is 68.2 cm³/mol. The summed E-state index contributed by atoms with van der Waals surface area (Å²) in [5.41, 5.74) is 1.02. The number of carbonyl (C=O) groups is 1. The number of benzene rings is 1. The van der Waals surface area contributed by atoms with Gasteiger partial charge in [-0.3, -0.25) is 4.79 Å². The molecular formula is C13H17BrO2. The highest BCUT2D eigenvalue weighted by molar-refractivity contribution is 9.10. The fourth-order valence-corrected chi connectivity index (χ4v) is 1.64. The van der Waals surface area contributed by atoms with E-state index < -0.39 is 0 Å². The molecule has 1 rings (SSSR count). The van der Waals surface area contributed by atoms with E-state index in [9.17, 15) is 4.79 Å². The standard InChI is InChI=1S/C13H17BrO2/c1-3-4-5-13(15)16-10(2)11-6-8-12(14)9-7-11/h6-10H,3-5H2,1-2H3/t10-/m1/s1. The van der Waals surface area contributed by atoms with Crippen molar-refractivity contribution in [2.24, 2.45) is 0 Å². The summed E-state index contributed by atoms with van der Waals surface area (Å²) in [4.78, 5) is 11.4. The lowest BCUT2D eigenvalue weighted by Gasteiger charge is -2.13. The third kappa shape index (κ3) is 4.35. The summed E-state index contributed by atoms with van der Waals surface area (Å²) in [6.07, 6.45) is 2.25. The van der Waals surface area contributed by atoms with E-state index in [0.29, 0.717) is 6.42 Å². The number of esters is 1. The molecule has 0 amide bonds. The summed E-state index contributed by atoms with van der Waals surface area (Å²) in [6.45, 7) is 3.96. The van der Waals surface area contributed by atoms with E-state index in [1.54, 1.807) is 0 Å². The van der Waals surface area contributed by atoms with Crippen LogP contribution in [0.2, 0.25) is 0 Å². The number of hydrogen-bond donors (Lipinski definition) is 0. The molecule has 2 nitrogen and oxygen atoms in total. The van der Waals surface area contributed by atoms with Crippen molar-refractivity contribution in [2.75, 3.05) is 0 Å². The van der Waals surface area contributed by atoms with Crippen molar-refractivity contribution < 1.29 is 9.53 Å². The van der Waals surface area contributed by atoms with Gasteiger partial charge in [-0.25, -0.2) is 0 Å². The van der Waals surface area contributed by atoms with Crippen LogP contribution < -0.4 is 0 Å². The van der Waals surface area contributed by atoms with E-state index in [2.05, 4.69) is 22.9 Å². The monoisotopic (exact) mass is 284 g/mol. The Hall–Kier alpha value is -0.830. The molecule has 0 radical (unpaired) electrons. The van der Waals surface area contributed by atoms with Gasteiger partial charge in [0.15, 0.2) is 0 Å². The fourth-order valence-electron chi connectivity index (χ4n) is 1.38. The van der Waals surface area contributed by atoms with E-state index in [1.807, 2.05) is 31.2 Å². The van der Waals surface area contributed by atoms with E-state index in [-0.39, 0.29) is 12.1 Å². The van der Waals surface area contributed by atoms with Crippen LogP contribution in [0, 0.1) is 0 Å². The Bertz CT molecular complexity index is 332. The second kappa shape index (κ2) is 6.69. The van der Waals surface area contributed by atoms with Crippen molar-refractivity contribution in [3.63, 3.8) is 0 Å². The van der Waals surface area contributed by atoms with Crippen LogP contribution in [0.5, 0.6) is 0 Å². The third-order valence-corrected chi connectivity index (χ3v) is 2.91. The van der Waals surface area contributed by atoms with Gasteiger partial charge in [-0.05, 0) is 31.0 Å². The molecule has 0 N–H and O–H groups in total. The molecule has 0 aromatic heterocycles. The lowest BCUT2D eigenvalue weighted by Crippen LogP contribution is -2.08. The molecule has 0 fully saturated rings. The first-order valence-electron chi connectivity index (χ1n) is 5.58. The lowest BCUT2D eigenvalue weighted by molar-refractivity contribution is -0.148. The van der Waals surface area contributed by atoms with Crippen molar-refractivity contribution >= 4 is 21.9 Å². The predicted octanol–water partition coefficient (Wildman–Crippen LogP) is 4.24. The molecule has 0 aliphatic rings. The minimum atomic E-state index is -0.169. The van der Waals surface area contributed by atoms with Crippen molar-refractivity contribution in [1.82, 2.24) is 0 Å². The fraction of sp³-hybridized carbons (Fsp3) is 0.462. The highest BCUT2D eigenvalue weighted by Gasteiger charge is 2.10. The number of hydrogen-bond acceptors (Lipinski definition) is 2. The lowest BCUT2D eigenvalue weighted by atomic mass is 10.1. The topological polar surface area (TPSA) is 26.3 Å². The molecule has 0 aliphatic carbocycles. The average molecular weight is 285 g/mol. The molecule has 0 bridgehead atoms. The number of halogens is 1. The van der Waals surface area contributed by atoms with Crippen LogP contribution in [0.1, 0.15) is 44.8 Å². The molecule has 1 aromatic rings. The number of ether oxygens (including phenoxy) is 1. The van der Waals surface area contributed by atoms with E-state index in [0.717, 1.165) is 22.9 Å². The van der Waals surface area contributed by atoms with Gasteiger partial charge in [-0.2, -0.15) is 0 Å². The van der Waals surface area contributed by atoms with Gasteiger partial charge >= 0.3 is 5.97 Å². The summed E-state index contributed by atoms with van der Waals surface area (Å²) >= 11 is 3.37. The SMILES string of the molecule is CCCCC(=O)O[C@H](C)c1ccc(Br)cc1. The van der Waals surface area contributed by atoms with Crippen molar-refractivity contribution in [2.45, 2.75) is 39.2 Å². The molecule has 16 heavy (non-hydrogen) atoms. The van der Waals surface area contributed by atoms with Gasteiger partial charge in [0, 0.05) is 10.9 Å². The van der Waals surface area contributed by atoms with Gasteiger partial charge in [-0.15, -0.1) is 0 Å². The first-order valence-corrected chi connectivity index (χ1v) is 6.37. The average Bonchev–Trinajstić information content (AvgIpc) is 2.27. The van der Waals surface area contributed by atoms with Crippen LogP contribution in [0.3, 0.4) is 0 Å².